The number of aliphatic hydroxyl groups excluding tert-OH is 1. The van der Waals surface area contributed by atoms with Crippen LogP contribution in [-0.4, -0.2) is 29.9 Å². The topological polar surface area (TPSA) is 77.4 Å². The van der Waals surface area contributed by atoms with Gasteiger partial charge in [0.2, 0.25) is 0 Å². The predicted molar refractivity (Wildman–Crippen MR) is 95.5 cm³/mol. The molecule has 0 bridgehead atoms. The molecule has 0 amide bonds. The maximum absolute atomic E-state index is 11.3. The average molecular weight is 389 g/mol. The summed E-state index contributed by atoms with van der Waals surface area (Å²) >= 11 is 0. The molecule has 6 heteroatoms. The summed E-state index contributed by atoms with van der Waals surface area (Å²) < 4.78 is 34.0. The Kier molecular flexibility index (Phi) is 22.3. The summed E-state index contributed by atoms with van der Waals surface area (Å²) in [4.78, 5) is 0. The van der Waals surface area contributed by atoms with Crippen molar-refractivity contribution in [3.63, 3.8) is 0 Å². The van der Waals surface area contributed by atoms with E-state index in [4.69, 9.17) is 5.11 Å². The predicted octanol–water partition coefficient (Wildman–Crippen LogP) is 1.77. The van der Waals surface area contributed by atoms with Crippen molar-refractivity contribution in [3.8, 4) is 0 Å². The van der Waals surface area contributed by atoms with Crippen molar-refractivity contribution in [1.29, 1.82) is 0 Å². The average Bonchev–Trinajstić information content (AvgIpc) is 2.50. The molecular weight excluding hydrogens is 351 g/mol. The van der Waals surface area contributed by atoms with Gasteiger partial charge in [0, 0.05) is 11.9 Å². The molecule has 1 unspecified atom stereocenters. The van der Waals surface area contributed by atoms with Gasteiger partial charge in [0.15, 0.2) is 0 Å². The zero-order valence-electron chi connectivity index (χ0n) is 16.0. The molecule has 0 spiro atoms. The number of rotatable bonds is 17. The van der Waals surface area contributed by atoms with Crippen molar-refractivity contribution in [2.45, 2.75) is 108 Å². The Labute approximate surface area is 192 Å². The molecule has 0 saturated heterocycles. The molecular formula is C18H37KO4S. The summed E-state index contributed by atoms with van der Waals surface area (Å²) in [6.45, 7) is 2.42. The Bertz CT molecular complexity index is 347. The second-order valence-electron chi connectivity index (χ2n) is 6.66. The Morgan fingerprint density at radius 3 is 1.50 bits per heavy atom. The molecule has 0 aromatic carbocycles. The van der Waals surface area contributed by atoms with Gasteiger partial charge in [-0.2, -0.15) is 0 Å². The summed E-state index contributed by atoms with van der Waals surface area (Å²) in [6.07, 6.45) is 14.9. The third-order valence-corrected chi connectivity index (χ3v) is 5.76. The van der Waals surface area contributed by atoms with Crippen molar-refractivity contribution >= 4 is 10.1 Å². The fourth-order valence-electron chi connectivity index (χ4n) is 2.95. The van der Waals surface area contributed by atoms with E-state index in [1.807, 2.05) is 0 Å². The van der Waals surface area contributed by atoms with E-state index in [1.54, 1.807) is 0 Å². The number of hydrogen-bond acceptors (Lipinski definition) is 4. The zero-order valence-corrected chi connectivity index (χ0v) is 19.9. The molecule has 0 aromatic rings. The van der Waals surface area contributed by atoms with Crippen molar-refractivity contribution < 1.29 is 69.5 Å². The van der Waals surface area contributed by atoms with Crippen LogP contribution in [0.3, 0.4) is 0 Å². The first kappa shape index (κ1) is 27.7. The van der Waals surface area contributed by atoms with E-state index in [-0.39, 0.29) is 58.0 Å². The summed E-state index contributed by atoms with van der Waals surface area (Å²) in [5.41, 5.74) is 0. The molecule has 4 nitrogen and oxygen atoms in total. The van der Waals surface area contributed by atoms with Crippen molar-refractivity contribution in [1.82, 2.24) is 0 Å². The molecule has 24 heavy (non-hydrogen) atoms. The monoisotopic (exact) mass is 388 g/mol. The summed E-state index contributed by atoms with van der Waals surface area (Å²) in [7, 11) is -4.16. The van der Waals surface area contributed by atoms with Crippen LogP contribution >= 0.6 is 0 Å². The Balaban J connectivity index is 0. The molecule has 1 atom stereocenters. The van der Waals surface area contributed by atoms with Gasteiger partial charge >= 0.3 is 51.4 Å². The molecule has 0 rings (SSSR count). The Morgan fingerprint density at radius 2 is 1.12 bits per heavy atom. The van der Waals surface area contributed by atoms with Gasteiger partial charge in [0.25, 0.3) is 0 Å². The largest absolute Gasteiger partial charge is 1.00 e. The van der Waals surface area contributed by atoms with Crippen LogP contribution in [0.4, 0.5) is 0 Å². The maximum atomic E-state index is 11.3. The van der Waals surface area contributed by atoms with Gasteiger partial charge in [0.1, 0.15) is 0 Å². The smallest absolute Gasteiger partial charge is 0.748 e. The van der Waals surface area contributed by atoms with E-state index in [9.17, 15) is 13.0 Å². The van der Waals surface area contributed by atoms with Gasteiger partial charge in [-0.1, -0.05) is 84.0 Å². The second-order valence-corrected chi connectivity index (χ2v) is 8.31. The second kappa shape index (κ2) is 19.3. The molecule has 0 aliphatic carbocycles. The van der Waals surface area contributed by atoms with Crippen LogP contribution in [0.25, 0.3) is 0 Å². The van der Waals surface area contributed by atoms with Crippen molar-refractivity contribution in [2.75, 3.05) is 6.61 Å². The molecule has 0 saturated carbocycles. The van der Waals surface area contributed by atoms with Gasteiger partial charge in [-0.15, -0.1) is 0 Å². The third kappa shape index (κ3) is 18.3. The minimum atomic E-state index is -4.16. The normalized spacial score (nSPS) is 12.8. The van der Waals surface area contributed by atoms with Gasteiger partial charge < -0.3 is 9.66 Å². The van der Waals surface area contributed by atoms with Crippen LogP contribution in [0.15, 0.2) is 0 Å². The summed E-state index contributed by atoms with van der Waals surface area (Å²) in [5, 5.41) is 8.00. The van der Waals surface area contributed by atoms with Gasteiger partial charge in [-0.3, -0.25) is 0 Å². The van der Waals surface area contributed by atoms with E-state index in [0.29, 0.717) is 12.8 Å². The van der Waals surface area contributed by atoms with Crippen LogP contribution in [0.2, 0.25) is 0 Å². The fourth-order valence-corrected chi connectivity index (χ4v) is 3.86. The standard InChI is InChI=1S/C18H38O4S.K/c1-2-3-4-5-6-7-9-12-15-18(23(20,21)22)16-13-10-8-11-14-17-19;/h18-19H,2-17H2,1H3,(H,20,21,22);/q;+1/p-1. The van der Waals surface area contributed by atoms with E-state index in [0.717, 1.165) is 51.4 Å². The Morgan fingerprint density at radius 1 is 0.750 bits per heavy atom. The van der Waals surface area contributed by atoms with Crippen LogP contribution in [0.1, 0.15) is 103 Å². The van der Waals surface area contributed by atoms with Crippen LogP contribution < -0.4 is 51.4 Å². The number of hydrogen-bond donors (Lipinski definition) is 1. The molecule has 0 fully saturated rings. The van der Waals surface area contributed by atoms with Crippen LogP contribution in [0.5, 0.6) is 0 Å². The van der Waals surface area contributed by atoms with E-state index < -0.39 is 15.4 Å². The van der Waals surface area contributed by atoms with E-state index in [1.165, 1.54) is 32.1 Å². The third-order valence-electron chi connectivity index (χ3n) is 4.47. The summed E-state index contributed by atoms with van der Waals surface area (Å²) in [6, 6.07) is 0. The van der Waals surface area contributed by atoms with Crippen molar-refractivity contribution in [2.24, 2.45) is 0 Å². The number of aliphatic hydroxyl groups is 1. The first-order valence-electron chi connectivity index (χ1n) is 9.58. The van der Waals surface area contributed by atoms with Crippen LogP contribution in [-0.2, 0) is 10.1 Å². The molecule has 0 aliphatic rings. The molecule has 140 valence electrons. The van der Waals surface area contributed by atoms with E-state index in [2.05, 4.69) is 6.92 Å². The first-order chi connectivity index (χ1) is 11.0. The van der Waals surface area contributed by atoms with Gasteiger partial charge in [-0.05, 0) is 19.3 Å². The van der Waals surface area contributed by atoms with Crippen LogP contribution in [0, 0.1) is 0 Å². The molecule has 0 aromatic heterocycles. The molecule has 1 N–H and O–H groups in total. The Hall–Kier alpha value is 1.51. The quantitative estimate of drug-likeness (QED) is 0.234. The van der Waals surface area contributed by atoms with E-state index >= 15 is 0 Å². The summed E-state index contributed by atoms with van der Waals surface area (Å²) in [5.74, 6) is 0. The SMILES string of the molecule is CCCCCCCCCCC(CCCCCCCO)S(=O)(=O)[O-].[K+]. The molecule has 0 heterocycles. The zero-order chi connectivity index (χ0) is 17.4. The van der Waals surface area contributed by atoms with Crippen molar-refractivity contribution in [3.05, 3.63) is 0 Å². The molecule has 0 aliphatic heterocycles. The first-order valence-corrected chi connectivity index (χ1v) is 11.0. The minimum absolute atomic E-state index is 0. The number of unbranched alkanes of at least 4 members (excludes halogenated alkanes) is 11. The fraction of sp³-hybridized carbons (Fsp3) is 1.00. The van der Waals surface area contributed by atoms with Gasteiger partial charge in [-0.25, -0.2) is 8.42 Å². The maximum Gasteiger partial charge on any atom is 1.00 e. The molecule has 0 radical (unpaired) electrons. The minimum Gasteiger partial charge on any atom is -0.748 e. The van der Waals surface area contributed by atoms with Gasteiger partial charge in [0.05, 0.1) is 10.1 Å².